The van der Waals surface area contributed by atoms with Crippen LogP contribution in [0.25, 0.3) is 11.3 Å². The summed E-state index contributed by atoms with van der Waals surface area (Å²) in [6, 6.07) is 12.6. The fourth-order valence-electron chi connectivity index (χ4n) is 2.60. The van der Waals surface area contributed by atoms with Crippen LogP contribution >= 0.6 is 11.8 Å². The Balaban J connectivity index is 2.12. The zero-order valence-electron chi connectivity index (χ0n) is 12.6. The Labute approximate surface area is 137 Å². The molecule has 0 amide bonds. The predicted molar refractivity (Wildman–Crippen MR) is 88.1 cm³/mol. The van der Waals surface area contributed by atoms with Crippen molar-refractivity contribution in [1.29, 1.82) is 0 Å². The van der Waals surface area contributed by atoms with Gasteiger partial charge in [0.1, 0.15) is 5.70 Å². The lowest BCUT2D eigenvalue weighted by molar-refractivity contribution is -0.0929. The van der Waals surface area contributed by atoms with Crippen LogP contribution in [0.4, 0.5) is 18.9 Å². The summed E-state index contributed by atoms with van der Waals surface area (Å²) in [5, 5.41) is 0.864. The number of nitrogens with zero attached hydrogens (tertiary/aromatic N) is 2. The number of aromatic nitrogens is 1. The third kappa shape index (κ3) is 3.08. The average molecular weight is 336 g/mol. The number of allylic oxidation sites excluding steroid dienone is 1. The van der Waals surface area contributed by atoms with E-state index >= 15 is 0 Å². The Morgan fingerprint density at radius 1 is 1.09 bits per heavy atom. The molecule has 1 atom stereocenters. The number of hydrogen-bond donors (Lipinski definition) is 0. The molecule has 120 valence electrons. The summed E-state index contributed by atoms with van der Waals surface area (Å²) in [6.45, 7) is 3.63. The Kier molecular flexibility index (Phi) is 4.10. The number of anilines is 1. The van der Waals surface area contributed by atoms with E-state index in [4.69, 9.17) is 0 Å². The van der Waals surface area contributed by atoms with Gasteiger partial charge in [0.15, 0.2) is 0 Å². The quantitative estimate of drug-likeness (QED) is 0.734. The molecule has 1 aromatic carbocycles. The molecule has 1 aliphatic rings. The van der Waals surface area contributed by atoms with Gasteiger partial charge in [0.25, 0.3) is 0 Å². The molecule has 2 nitrogen and oxygen atoms in total. The first kappa shape index (κ1) is 15.9. The average Bonchev–Trinajstić information content (AvgIpc) is 2.89. The van der Waals surface area contributed by atoms with Crippen LogP contribution < -0.4 is 4.90 Å². The zero-order valence-corrected chi connectivity index (χ0v) is 13.4. The van der Waals surface area contributed by atoms with Gasteiger partial charge in [-0.3, -0.25) is 4.98 Å². The van der Waals surface area contributed by atoms with Gasteiger partial charge in [-0.15, -0.1) is 11.8 Å². The van der Waals surface area contributed by atoms with Crippen molar-refractivity contribution in [2.75, 3.05) is 4.90 Å². The molecule has 1 unspecified atom stereocenters. The first-order valence-corrected chi connectivity index (χ1v) is 8.07. The summed E-state index contributed by atoms with van der Waals surface area (Å²) in [5.41, 5.74) is 2.08. The lowest BCUT2D eigenvalue weighted by Gasteiger charge is -2.29. The van der Waals surface area contributed by atoms with Crippen LogP contribution in [0.1, 0.15) is 12.6 Å². The van der Waals surface area contributed by atoms with Crippen molar-refractivity contribution in [3.05, 3.63) is 59.3 Å². The highest BCUT2D eigenvalue weighted by molar-refractivity contribution is 8.03. The zero-order chi connectivity index (χ0) is 16.6. The molecular weight excluding hydrogens is 321 g/mol. The summed E-state index contributed by atoms with van der Waals surface area (Å²) < 4.78 is 40.0. The molecule has 0 N–H and O–H groups in total. The summed E-state index contributed by atoms with van der Waals surface area (Å²) in [6.07, 6.45) is -4.38. The minimum Gasteiger partial charge on any atom is -0.324 e. The van der Waals surface area contributed by atoms with Crippen LogP contribution in [0.2, 0.25) is 0 Å². The fourth-order valence-corrected chi connectivity index (χ4v) is 3.52. The molecule has 0 saturated carbocycles. The molecular formula is C17H15F3N2S. The van der Waals surface area contributed by atoms with Crippen LogP contribution in [-0.2, 0) is 0 Å². The highest BCUT2D eigenvalue weighted by atomic mass is 32.2. The SMILES string of the molecule is Cc1cccc(-c2ccccc2N2C(C(F)(F)F)=CSC2C)n1. The molecule has 1 aromatic heterocycles. The number of alkyl halides is 3. The lowest BCUT2D eigenvalue weighted by atomic mass is 10.1. The predicted octanol–water partition coefficient (Wildman–Crippen LogP) is 5.36. The molecule has 0 bridgehead atoms. The second-order valence-electron chi connectivity index (χ2n) is 5.29. The first-order valence-electron chi connectivity index (χ1n) is 7.13. The molecule has 6 heteroatoms. The van der Waals surface area contributed by atoms with Gasteiger partial charge in [-0.1, -0.05) is 24.3 Å². The van der Waals surface area contributed by atoms with Crippen LogP contribution in [-0.4, -0.2) is 16.5 Å². The van der Waals surface area contributed by atoms with E-state index in [2.05, 4.69) is 4.98 Å². The van der Waals surface area contributed by atoms with Gasteiger partial charge in [-0.05, 0) is 32.0 Å². The molecule has 3 rings (SSSR count). The third-order valence-corrected chi connectivity index (χ3v) is 4.58. The molecule has 1 aliphatic heterocycles. The van der Waals surface area contributed by atoms with Crippen LogP contribution in [0.15, 0.2) is 53.6 Å². The first-order chi connectivity index (χ1) is 10.9. The summed E-state index contributed by atoms with van der Waals surface area (Å²) in [4.78, 5) is 5.79. The van der Waals surface area contributed by atoms with E-state index < -0.39 is 11.9 Å². The molecule has 0 saturated heterocycles. The lowest BCUT2D eigenvalue weighted by Crippen LogP contribution is -2.33. The molecule has 0 fully saturated rings. The third-order valence-electron chi connectivity index (χ3n) is 3.62. The minimum atomic E-state index is -4.38. The van der Waals surface area contributed by atoms with Crippen molar-refractivity contribution in [3.63, 3.8) is 0 Å². The number of halogens is 3. The molecule has 0 aliphatic carbocycles. The van der Waals surface area contributed by atoms with Crippen LogP contribution in [0, 0.1) is 6.92 Å². The second-order valence-corrected chi connectivity index (χ2v) is 6.48. The fraction of sp³-hybridized carbons (Fsp3) is 0.235. The molecule has 23 heavy (non-hydrogen) atoms. The van der Waals surface area contributed by atoms with Gasteiger partial charge >= 0.3 is 6.18 Å². The highest BCUT2D eigenvalue weighted by Crippen LogP contribution is 2.45. The van der Waals surface area contributed by atoms with Gasteiger partial charge < -0.3 is 4.90 Å². The maximum absolute atomic E-state index is 13.3. The molecule has 2 heterocycles. The van der Waals surface area contributed by atoms with E-state index in [1.165, 1.54) is 22.1 Å². The number of thioether (sulfide) groups is 1. The van der Waals surface area contributed by atoms with Crippen LogP contribution in [0.5, 0.6) is 0 Å². The standard InChI is InChI=1S/C17H15F3N2S/c1-11-6-5-8-14(21-11)13-7-3-4-9-15(13)22-12(2)23-10-16(22)17(18,19)20/h3-10,12H,1-2H3. The maximum atomic E-state index is 13.3. The van der Waals surface area contributed by atoms with Gasteiger partial charge in [0.2, 0.25) is 0 Å². The largest absolute Gasteiger partial charge is 0.431 e. The van der Waals surface area contributed by atoms with Crippen molar-refractivity contribution < 1.29 is 13.2 Å². The van der Waals surface area contributed by atoms with Crippen molar-refractivity contribution in [2.45, 2.75) is 25.4 Å². The monoisotopic (exact) mass is 336 g/mol. The Morgan fingerprint density at radius 2 is 1.83 bits per heavy atom. The van der Waals surface area contributed by atoms with E-state index in [1.807, 2.05) is 31.2 Å². The highest BCUT2D eigenvalue weighted by Gasteiger charge is 2.43. The number of hydrogen-bond acceptors (Lipinski definition) is 3. The number of rotatable bonds is 2. The summed E-state index contributed by atoms with van der Waals surface area (Å²) in [5.74, 6) is 0. The summed E-state index contributed by atoms with van der Waals surface area (Å²) in [7, 11) is 0. The minimum absolute atomic E-state index is 0.322. The van der Waals surface area contributed by atoms with Crippen molar-refractivity contribution >= 4 is 17.4 Å². The molecule has 0 radical (unpaired) electrons. The van der Waals surface area contributed by atoms with Gasteiger partial charge in [0.05, 0.1) is 16.8 Å². The van der Waals surface area contributed by atoms with E-state index in [-0.39, 0.29) is 5.37 Å². The smallest absolute Gasteiger partial charge is 0.324 e. The number of para-hydroxylation sites is 1. The van der Waals surface area contributed by atoms with Crippen molar-refractivity contribution in [3.8, 4) is 11.3 Å². The van der Waals surface area contributed by atoms with Crippen molar-refractivity contribution in [1.82, 2.24) is 4.98 Å². The van der Waals surface area contributed by atoms with Crippen molar-refractivity contribution in [2.24, 2.45) is 0 Å². The number of aryl methyl sites for hydroxylation is 1. The number of benzene rings is 1. The van der Waals surface area contributed by atoms with Gasteiger partial charge in [-0.25, -0.2) is 0 Å². The van der Waals surface area contributed by atoms with E-state index in [0.29, 0.717) is 16.9 Å². The van der Waals surface area contributed by atoms with Gasteiger partial charge in [-0.2, -0.15) is 13.2 Å². The Hall–Kier alpha value is -1.95. The second kappa shape index (κ2) is 5.92. The van der Waals surface area contributed by atoms with E-state index in [0.717, 1.165) is 5.69 Å². The summed E-state index contributed by atoms with van der Waals surface area (Å²) >= 11 is 1.17. The maximum Gasteiger partial charge on any atom is 0.431 e. The Bertz CT molecular complexity index is 755. The Morgan fingerprint density at radius 3 is 2.52 bits per heavy atom. The van der Waals surface area contributed by atoms with Crippen LogP contribution in [0.3, 0.4) is 0 Å². The van der Waals surface area contributed by atoms with Gasteiger partial charge in [0, 0.05) is 16.7 Å². The van der Waals surface area contributed by atoms with E-state index in [1.54, 1.807) is 25.1 Å². The topological polar surface area (TPSA) is 16.1 Å². The molecule has 0 spiro atoms. The molecule has 2 aromatic rings. The normalized spacial score (nSPS) is 18.2. The van der Waals surface area contributed by atoms with E-state index in [9.17, 15) is 13.2 Å². The number of pyridine rings is 1.